The summed E-state index contributed by atoms with van der Waals surface area (Å²) in [6.45, 7) is 1.39. The Labute approximate surface area is 82.0 Å². The molecule has 0 amide bonds. The van der Waals surface area contributed by atoms with Crippen LogP contribution in [0.3, 0.4) is 0 Å². The number of carbonyl (C=O) groups excluding carboxylic acids is 1. The Morgan fingerprint density at radius 3 is 3.21 bits per heavy atom. The highest BCUT2D eigenvalue weighted by Crippen LogP contribution is 2.30. The maximum absolute atomic E-state index is 10.8. The van der Waals surface area contributed by atoms with Crippen LogP contribution in [0.2, 0.25) is 0 Å². The minimum Gasteiger partial charge on any atom is -0.473 e. The van der Waals surface area contributed by atoms with E-state index < -0.39 is 0 Å². The molecule has 0 N–H and O–H groups in total. The van der Waals surface area contributed by atoms with Gasteiger partial charge in [0.15, 0.2) is 0 Å². The van der Waals surface area contributed by atoms with Crippen molar-refractivity contribution in [2.45, 2.75) is 6.92 Å². The lowest BCUT2D eigenvalue weighted by molar-refractivity contribution is -0.137. The van der Waals surface area contributed by atoms with Gasteiger partial charge in [0.1, 0.15) is 5.76 Å². The lowest BCUT2D eigenvalue weighted by Gasteiger charge is -2.21. The molecule has 0 fully saturated rings. The molecular formula is C11H10O3. The van der Waals surface area contributed by atoms with Crippen molar-refractivity contribution in [2.75, 3.05) is 0 Å². The van der Waals surface area contributed by atoms with E-state index in [0.717, 1.165) is 5.57 Å². The summed E-state index contributed by atoms with van der Waals surface area (Å²) in [5, 5.41) is 0. The van der Waals surface area contributed by atoms with Crippen molar-refractivity contribution in [1.82, 2.24) is 0 Å². The monoisotopic (exact) mass is 190 g/mol. The number of hydrogen-bond donors (Lipinski definition) is 0. The highest BCUT2D eigenvalue weighted by atomic mass is 16.5. The summed E-state index contributed by atoms with van der Waals surface area (Å²) in [4.78, 5) is 10.8. The van der Waals surface area contributed by atoms with E-state index in [1.807, 2.05) is 18.2 Å². The second-order valence-corrected chi connectivity index (χ2v) is 3.08. The van der Waals surface area contributed by atoms with Gasteiger partial charge in [0.2, 0.25) is 0 Å². The summed E-state index contributed by atoms with van der Waals surface area (Å²) in [5.41, 5.74) is 0.992. The molecule has 3 heteroatoms. The molecule has 0 aromatic heterocycles. The lowest BCUT2D eigenvalue weighted by atomic mass is 9.93. The van der Waals surface area contributed by atoms with Gasteiger partial charge in [0.05, 0.1) is 18.4 Å². The van der Waals surface area contributed by atoms with Crippen LogP contribution >= 0.6 is 0 Å². The molecule has 1 heterocycles. The summed E-state index contributed by atoms with van der Waals surface area (Å²) in [6.07, 6.45) is 10.7. The van der Waals surface area contributed by atoms with E-state index in [0.29, 0.717) is 5.76 Å². The number of allylic oxidation sites excluding steroid dienone is 4. The van der Waals surface area contributed by atoms with Crippen LogP contribution in [-0.2, 0) is 14.3 Å². The summed E-state index contributed by atoms with van der Waals surface area (Å²) < 4.78 is 10.1. The fraction of sp³-hybridized carbons (Fsp3) is 0.182. The molecule has 14 heavy (non-hydrogen) atoms. The van der Waals surface area contributed by atoms with Gasteiger partial charge in [-0.2, -0.15) is 0 Å². The Hall–Kier alpha value is -1.77. The Morgan fingerprint density at radius 1 is 1.57 bits per heavy atom. The average molecular weight is 190 g/mol. The summed E-state index contributed by atoms with van der Waals surface area (Å²) in [5.74, 6) is 0.356. The van der Waals surface area contributed by atoms with Gasteiger partial charge >= 0.3 is 5.97 Å². The van der Waals surface area contributed by atoms with Crippen molar-refractivity contribution in [1.29, 1.82) is 0 Å². The van der Waals surface area contributed by atoms with Crippen LogP contribution in [0, 0.1) is 5.92 Å². The van der Waals surface area contributed by atoms with Crippen LogP contribution in [0.1, 0.15) is 6.92 Å². The van der Waals surface area contributed by atoms with Crippen molar-refractivity contribution >= 4 is 5.97 Å². The zero-order valence-electron chi connectivity index (χ0n) is 7.77. The molecule has 0 aromatic rings. The van der Waals surface area contributed by atoms with Crippen LogP contribution in [-0.4, -0.2) is 5.97 Å². The highest BCUT2D eigenvalue weighted by Gasteiger charge is 2.22. The smallest absolute Gasteiger partial charge is 0.307 e. The van der Waals surface area contributed by atoms with Gasteiger partial charge in [-0.1, -0.05) is 12.2 Å². The summed E-state index contributed by atoms with van der Waals surface area (Å²) in [7, 11) is 0. The minimum atomic E-state index is -0.300. The molecule has 0 aromatic carbocycles. The lowest BCUT2D eigenvalue weighted by Crippen LogP contribution is -2.14. The Morgan fingerprint density at radius 2 is 2.43 bits per heavy atom. The second kappa shape index (κ2) is 3.54. The molecule has 1 unspecified atom stereocenters. The first-order valence-corrected chi connectivity index (χ1v) is 4.36. The van der Waals surface area contributed by atoms with Crippen LogP contribution in [0.4, 0.5) is 0 Å². The van der Waals surface area contributed by atoms with Crippen molar-refractivity contribution in [3.05, 3.63) is 48.2 Å². The van der Waals surface area contributed by atoms with Crippen molar-refractivity contribution in [3.8, 4) is 0 Å². The fourth-order valence-corrected chi connectivity index (χ4v) is 1.45. The third-order valence-corrected chi connectivity index (χ3v) is 2.03. The molecule has 0 radical (unpaired) electrons. The van der Waals surface area contributed by atoms with Gasteiger partial charge in [-0.15, -0.1) is 0 Å². The van der Waals surface area contributed by atoms with E-state index >= 15 is 0 Å². The van der Waals surface area contributed by atoms with Gasteiger partial charge in [-0.25, -0.2) is 0 Å². The first kappa shape index (κ1) is 8.81. The molecule has 1 aliphatic carbocycles. The molecule has 0 saturated heterocycles. The van der Waals surface area contributed by atoms with Crippen LogP contribution in [0.5, 0.6) is 0 Å². The standard InChI is InChI=1S/C11H10O3/c1-8(12)14-11-4-2-3-9-7-13-6-5-10(9)11/h2-7,10H,1H3. The number of fused-ring (bicyclic) bond motifs is 1. The van der Waals surface area contributed by atoms with E-state index in [1.54, 1.807) is 18.6 Å². The quantitative estimate of drug-likeness (QED) is 0.593. The third-order valence-electron chi connectivity index (χ3n) is 2.03. The van der Waals surface area contributed by atoms with Gasteiger partial charge in [-0.3, -0.25) is 4.79 Å². The number of rotatable bonds is 1. The molecule has 0 bridgehead atoms. The van der Waals surface area contributed by atoms with E-state index in [-0.39, 0.29) is 11.9 Å². The van der Waals surface area contributed by atoms with Gasteiger partial charge in [0.25, 0.3) is 0 Å². The average Bonchev–Trinajstić information content (AvgIpc) is 2.18. The first-order valence-electron chi connectivity index (χ1n) is 4.36. The Balaban J connectivity index is 2.24. The topological polar surface area (TPSA) is 35.5 Å². The molecule has 1 aliphatic heterocycles. The number of ether oxygens (including phenoxy) is 2. The third kappa shape index (κ3) is 1.62. The largest absolute Gasteiger partial charge is 0.473 e. The van der Waals surface area contributed by atoms with E-state index in [9.17, 15) is 4.79 Å². The van der Waals surface area contributed by atoms with Crippen molar-refractivity contribution < 1.29 is 14.3 Å². The highest BCUT2D eigenvalue weighted by molar-refractivity contribution is 5.68. The number of carbonyl (C=O) groups is 1. The molecule has 2 rings (SSSR count). The van der Waals surface area contributed by atoms with Crippen LogP contribution in [0.15, 0.2) is 48.2 Å². The number of esters is 1. The van der Waals surface area contributed by atoms with Crippen molar-refractivity contribution in [3.63, 3.8) is 0 Å². The van der Waals surface area contributed by atoms with Gasteiger partial charge in [0, 0.05) is 12.5 Å². The first-order chi connectivity index (χ1) is 6.77. The van der Waals surface area contributed by atoms with E-state index in [4.69, 9.17) is 9.47 Å². The normalized spacial score (nSPS) is 23.1. The molecule has 2 aliphatic rings. The molecule has 0 spiro atoms. The zero-order valence-corrected chi connectivity index (χ0v) is 7.77. The van der Waals surface area contributed by atoms with Crippen LogP contribution in [0.25, 0.3) is 0 Å². The molecule has 0 saturated carbocycles. The zero-order chi connectivity index (χ0) is 9.97. The fourth-order valence-electron chi connectivity index (χ4n) is 1.45. The Bertz CT molecular complexity index is 372. The summed E-state index contributed by atoms with van der Waals surface area (Å²) in [6, 6.07) is 0. The predicted octanol–water partition coefficient (Wildman–Crippen LogP) is 2.05. The van der Waals surface area contributed by atoms with Crippen LogP contribution < -0.4 is 0 Å². The number of hydrogen-bond acceptors (Lipinski definition) is 3. The second-order valence-electron chi connectivity index (χ2n) is 3.08. The SMILES string of the molecule is CC(=O)OC1=CC=CC2=COC=CC21. The minimum absolute atomic E-state index is 0.0117. The van der Waals surface area contributed by atoms with E-state index in [2.05, 4.69) is 0 Å². The predicted molar refractivity (Wildman–Crippen MR) is 50.8 cm³/mol. The molecular weight excluding hydrogens is 180 g/mol. The maximum atomic E-state index is 10.8. The molecule has 3 nitrogen and oxygen atoms in total. The Kier molecular flexibility index (Phi) is 2.23. The molecule has 72 valence electrons. The summed E-state index contributed by atoms with van der Waals surface area (Å²) >= 11 is 0. The van der Waals surface area contributed by atoms with Gasteiger partial charge in [-0.05, 0) is 12.2 Å². The van der Waals surface area contributed by atoms with E-state index in [1.165, 1.54) is 6.92 Å². The molecule has 1 atom stereocenters. The van der Waals surface area contributed by atoms with Crippen molar-refractivity contribution in [2.24, 2.45) is 5.92 Å². The van der Waals surface area contributed by atoms with Gasteiger partial charge < -0.3 is 9.47 Å². The maximum Gasteiger partial charge on any atom is 0.307 e.